The fourth-order valence-electron chi connectivity index (χ4n) is 0.763. The van der Waals surface area contributed by atoms with Gasteiger partial charge in [-0.3, -0.25) is 11.8 Å². The second kappa shape index (κ2) is 3.64. The van der Waals surface area contributed by atoms with Crippen LogP contribution in [0.4, 0.5) is 0 Å². The molecule has 0 spiro atoms. The predicted molar refractivity (Wildman–Crippen MR) is 29.7 cm³/mol. The number of carbonyl (C=O) groups is 1. The van der Waals surface area contributed by atoms with Gasteiger partial charge in [0.05, 0.1) is 6.04 Å². The Labute approximate surface area is 79.8 Å². The van der Waals surface area contributed by atoms with Gasteiger partial charge in [0.25, 0.3) is 0 Å². The fraction of sp³-hybridized carbons (Fsp3) is 0.600. The number of rotatable bonds is 0. The van der Waals surface area contributed by atoms with Gasteiger partial charge in [-0.15, -0.1) is 0 Å². The molecule has 2 N–H and O–H groups in total. The van der Waals surface area contributed by atoms with Gasteiger partial charge in [-0.1, -0.05) is 0 Å². The maximum Gasteiger partial charge on any atom is 0.210 e. The first-order valence-electron chi connectivity index (χ1n) is 2.59. The van der Waals surface area contributed by atoms with E-state index in [1.807, 2.05) is 0 Å². The van der Waals surface area contributed by atoms with Gasteiger partial charge in [0.15, 0.2) is 0 Å². The van der Waals surface area contributed by atoms with Gasteiger partial charge in [0.1, 0.15) is 0 Å². The number of nitrogens with zero attached hydrogens (tertiary/aromatic N) is 1. The van der Waals surface area contributed by atoms with E-state index in [9.17, 15) is 4.79 Å². The van der Waals surface area contributed by atoms with Crippen molar-refractivity contribution in [2.24, 2.45) is 5.73 Å². The molecule has 1 fully saturated rings. The second-order valence-electron chi connectivity index (χ2n) is 2.00. The zero-order valence-electron chi connectivity index (χ0n) is 5.21. The number of nitrogens with two attached hydrogens (primary N) is 1. The van der Waals surface area contributed by atoms with Gasteiger partial charge < -0.3 is 10.6 Å². The van der Waals surface area contributed by atoms with Crippen LogP contribution in [0.3, 0.4) is 0 Å². The van der Waals surface area contributed by atoms with Gasteiger partial charge in [-0.05, 0) is 13.0 Å². The first-order chi connectivity index (χ1) is 3.72. The zero-order chi connectivity index (χ0) is 6.15. The summed E-state index contributed by atoms with van der Waals surface area (Å²) in [5, 5.41) is 0. The molecule has 49 valence electrons. The molecule has 0 aromatic carbocycles. The number of likely N-dealkylation sites (tertiary alicyclic amines) is 1. The molecular weight excluding hydrogens is 193 g/mol. The second-order valence-corrected chi connectivity index (χ2v) is 2.00. The normalized spacial score (nSPS) is 26.2. The van der Waals surface area contributed by atoms with E-state index >= 15 is 0 Å². The molecular formula is C5H9N2OY-. The van der Waals surface area contributed by atoms with Gasteiger partial charge in [-0.2, -0.15) is 0 Å². The largest absolute Gasteiger partial charge is 0.494 e. The van der Waals surface area contributed by atoms with Crippen LogP contribution in [0.1, 0.15) is 6.42 Å². The molecule has 0 aliphatic carbocycles. The van der Waals surface area contributed by atoms with E-state index < -0.39 is 0 Å². The van der Waals surface area contributed by atoms with E-state index in [0.29, 0.717) is 6.54 Å². The predicted octanol–water partition coefficient (Wildman–Crippen LogP) is -0.665. The average Bonchev–Trinajstić information content (AvgIpc) is 1.98. The van der Waals surface area contributed by atoms with E-state index in [1.54, 1.807) is 0 Å². The zero-order valence-corrected chi connectivity index (χ0v) is 8.05. The fourth-order valence-corrected chi connectivity index (χ4v) is 0.763. The van der Waals surface area contributed by atoms with Crippen molar-refractivity contribution in [3.05, 3.63) is 7.05 Å². The van der Waals surface area contributed by atoms with Crippen LogP contribution >= 0.6 is 0 Å². The summed E-state index contributed by atoms with van der Waals surface area (Å²) in [7, 11) is 3.47. The third kappa shape index (κ3) is 1.99. The standard InChI is InChI=1S/C5H9N2O.Y/c1-7-3-2-4(6)5(7)8;/h4H,1-3,6H2;/q-1;. The minimum atomic E-state index is -0.285. The molecule has 0 aromatic rings. The van der Waals surface area contributed by atoms with Crippen LogP contribution in [-0.4, -0.2) is 23.4 Å². The maximum absolute atomic E-state index is 10.6. The monoisotopic (exact) mass is 202 g/mol. The van der Waals surface area contributed by atoms with Crippen molar-refractivity contribution in [2.45, 2.75) is 12.5 Å². The third-order valence-corrected chi connectivity index (χ3v) is 1.34. The quantitative estimate of drug-likeness (QED) is 0.530. The Morgan fingerprint density at radius 2 is 2.33 bits per heavy atom. The molecule has 0 aromatic heterocycles. The molecule has 1 radical (unpaired) electrons. The van der Waals surface area contributed by atoms with Crippen molar-refractivity contribution in [1.82, 2.24) is 4.90 Å². The van der Waals surface area contributed by atoms with Crippen molar-refractivity contribution in [3.63, 3.8) is 0 Å². The minimum Gasteiger partial charge on any atom is -0.494 e. The van der Waals surface area contributed by atoms with Crippen molar-refractivity contribution in [3.8, 4) is 0 Å². The average molecular weight is 202 g/mol. The van der Waals surface area contributed by atoms with Crippen molar-refractivity contribution < 1.29 is 37.5 Å². The van der Waals surface area contributed by atoms with E-state index in [4.69, 9.17) is 5.73 Å². The van der Waals surface area contributed by atoms with Crippen LogP contribution in [0.25, 0.3) is 0 Å². The summed E-state index contributed by atoms with van der Waals surface area (Å²) in [4.78, 5) is 12.1. The summed E-state index contributed by atoms with van der Waals surface area (Å²) >= 11 is 0. The Bertz CT molecular complexity index is 106. The number of hydrogen-bond acceptors (Lipinski definition) is 2. The first kappa shape index (κ1) is 9.53. The summed E-state index contributed by atoms with van der Waals surface area (Å²) in [5.74, 6) is -0.0370. The Hall–Kier alpha value is 0.534. The van der Waals surface area contributed by atoms with Gasteiger partial charge in [0.2, 0.25) is 5.91 Å². The molecule has 1 atom stereocenters. The molecule has 9 heavy (non-hydrogen) atoms. The van der Waals surface area contributed by atoms with Crippen molar-refractivity contribution in [2.75, 3.05) is 6.54 Å². The molecule has 0 bridgehead atoms. The molecule has 1 heterocycles. The third-order valence-electron chi connectivity index (χ3n) is 1.34. The van der Waals surface area contributed by atoms with E-state index in [1.165, 1.54) is 4.90 Å². The molecule has 1 amide bonds. The Morgan fingerprint density at radius 3 is 2.44 bits per heavy atom. The van der Waals surface area contributed by atoms with Gasteiger partial charge >= 0.3 is 0 Å². The SMILES string of the molecule is [CH2-]N1CCC(N)C1=O.[Y]. The van der Waals surface area contributed by atoms with Crippen LogP contribution in [-0.2, 0) is 37.5 Å². The van der Waals surface area contributed by atoms with Crippen LogP contribution in [0.5, 0.6) is 0 Å². The molecule has 1 aliphatic rings. The van der Waals surface area contributed by atoms with E-state index in [2.05, 4.69) is 7.05 Å². The smallest absolute Gasteiger partial charge is 0.210 e. The van der Waals surface area contributed by atoms with Gasteiger partial charge in [-0.25, -0.2) is 0 Å². The Balaban J connectivity index is 0.000000640. The Morgan fingerprint density at radius 1 is 1.78 bits per heavy atom. The molecule has 4 heteroatoms. The summed E-state index contributed by atoms with van der Waals surface area (Å²) in [6.07, 6.45) is 0.752. The summed E-state index contributed by atoms with van der Waals surface area (Å²) in [6, 6.07) is -0.285. The molecule has 1 unspecified atom stereocenters. The molecule has 3 nitrogen and oxygen atoms in total. The topological polar surface area (TPSA) is 46.3 Å². The summed E-state index contributed by atoms with van der Waals surface area (Å²) < 4.78 is 0. The number of amides is 1. The summed E-state index contributed by atoms with van der Waals surface area (Å²) in [5.41, 5.74) is 5.34. The molecule has 0 saturated carbocycles. The molecule has 1 rings (SSSR count). The van der Waals surface area contributed by atoms with Crippen LogP contribution < -0.4 is 5.73 Å². The number of carbonyl (C=O) groups excluding carboxylic acids is 1. The van der Waals surface area contributed by atoms with E-state index in [-0.39, 0.29) is 44.7 Å². The number of hydrogen-bond donors (Lipinski definition) is 1. The molecule has 1 aliphatic heterocycles. The summed E-state index contributed by atoms with van der Waals surface area (Å²) in [6.45, 7) is 0.708. The first-order valence-corrected chi connectivity index (χ1v) is 2.59. The minimum absolute atomic E-state index is 0. The van der Waals surface area contributed by atoms with E-state index in [0.717, 1.165) is 6.42 Å². The maximum atomic E-state index is 10.6. The van der Waals surface area contributed by atoms with Crippen LogP contribution in [0.2, 0.25) is 0 Å². The Kier molecular flexibility index (Phi) is 3.86. The van der Waals surface area contributed by atoms with Crippen molar-refractivity contribution >= 4 is 5.91 Å². The van der Waals surface area contributed by atoms with Gasteiger partial charge in [0, 0.05) is 32.7 Å². The van der Waals surface area contributed by atoms with Crippen molar-refractivity contribution in [1.29, 1.82) is 0 Å². The van der Waals surface area contributed by atoms with Crippen LogP contribution in [0.15, 0.2) is 0 Å². The molecule has 1 saturated heterocycles. The van der Waals surface area contributed by atoms with Crippen LogP contribution in [0, 0.1) is 7.05 Å².